The molecule has 0 aliphatic carbocycles. The first kappa shape index (κ1) is 16.0. The molecule has 2 N–H and O–H groups in total. The van der Waals surface area contributed by atoms with Crippen LogP contribution in [0.3, 0.4) is 0 Å². The lowest BCUT2D eigenvalue weighted by Crippen LogP contribution is -2.21. The molecule has 0 atom stereocenters. The Hall–Kier alpha value is -2.33. The first-order chi connectivity index (χ1) is 10.7. The van der Waals surface area contributed by atoms with Crippen LogP contribution >= 0.6 is 0 Å². The normalized spacial score (nSPS) is 10.3. The molecule has 0 radical (unpaired) electrons. The van der Waals surface area contributed by atoms with Crippen LogP contribution in [0.1, 0.15) is 17.5 Å². The van der Waals surface area contributed by atoms with Crippen molar-refractivity contribution in [3.05, 3.63) is 59.7 Å². The summed E-state index contributed by atoms with van der Waals surface area (Å²) in [6.07, 6.45) is 0.434. The summed E-state index contributed by atoms with van der Waals surface area (Å²) in [7, 11) is 1.61. The van der Waals surface area contributed by atoms with E-state index < -0.39 is 0 Å². The minimum absolute atomic E-state index is 0.00957. The largest absolute Gasteiger partial charge is 0.497 e. The number of ether oxygens (including phenoxy) is 1. The third kappa shape index (κ3) is 5.22. The highest BCUT2D eigenvalue weighted by atomic mass is 16.5. The summed E-state index contributed by atoms with van der Waals surface area (Å²) >= 11 is 0. The number of amides is 1. The number of carbonyl (C=O) groups is 1. The summed E-state index contributed by atoms with van der Waals surface area (Å²) in [4.78, 5) is 11.9. The molecule has 4 heteroatoms. The Morgan fingerprint density at radius 2 is 1.91 bits per heavy atom. The third-order valence-corrected chi connectivity index (χ3v) is 3.33. The molecule has 2 aromatic rings. The summed E-state index contributed by atoms with van der Waals surface area (Å²) in [5.74, 6) is 0.722. The zero-order valence-electron chi connectivity index (χ0n) is 13.1. The number of benzene rings is 2. The van der Waals surface area contributed by atoms with Crippen LogP contribution < -0.4 is 15.4 Å². The van der Waals surface area contributed by atoms with E-state index in [1.807, 2.05) is 18.2 Å². The summed E-state index contributed by atoms with van der Waals surface area (Å²) in [5.41, 5.74) is 3.23. The number of anilines is 1. The standard InChI is InChI=1S/C18H22N2O2/c1-14-6-8-15(9-7-14)13-19-11-10-18(21)20-16-4-3-5-17(12-16)22-2/h3-9,12,19H,10-11,13H2,1-2H3,(H,20,21). The highest BCUT2D eigenvalue weighted by Gasteiger charge is 2.03. The fourth-order valence-corrected chi connectivity index (χ4v) is 2.06. The molecule has 0 saturated heterocycles. The zero-order valence-corrected chi connectivity index (χ0v) is 13.1. The van der Waals surface area contributed by atoms with Gasteiger partial charge in [0.25, 0.3) is 0 Å². The van der Waals surface area contributed by atoms with E-state index in [0.29, 0.717) is 13.0 Å². The van der Waals surface area contributed by atoms with Gasteiger partial charge in [-0.1, -0.05) is 35.9 Å². The van der Waals surface area contributed by atoms with Crippen molar-refractivity contribution < 1.29 is 9.53 Å². The Kier molecular flexibility index (Phi) is 5.98. The van der Waals surface area contributed by atoms with Crippen molar-refractivity contribution in [1.29, 1.82) is 0 Å². The quantitative estimate of drug-likeness (QED) is 0.772. The van der Waals surface area contributed by atoms with Crippen LogP contribution in [-0.4, -0.2) is 19.6 Å². The highest BCUT2D eigenvalue weighted by Crippen LogP contribution is 2.16. The molecule has 0 aromatic heterocycles. The van der Waals surface area contributed by atoms with Gasteiger partial charge in [0.2, 0.25) is 5.91 Å². The number of hydrogen-bond donors (Lipinski definition) is 2. The van der Waals surface area contributed by atoms with Crippen molar-refractivity contribution in [2.75, 3.05) is 19.0 Å². The minimum Gasteiger partial charge on any atom is -0.497 e. The van der Waals surface area contributed by atoms with Crippen LogP contribution in [0.4, 0.5) is 5.69 Å². The van der Waals surface area contributed by atoms with Crippen molar-refractivity contribution in [2.24, 2.45) is 0 Å². The topological polar surface area (TPSA) is 50.4 Å². The van der Waals surface area contributed by atoms with E-state index in [1.165, 1.54) is 11.1 Å². The van der Waals surface area contributed by atoms with Crippen molar-refractivity contribution in [1.82, 2.24) is 5.32 Å². The van der Waals surface area contributed by atoms with Crippen LogP contribution in [0.15, 0.2) is 48.5 Å². The average molecular weight is 298 g/mol. The molecule has 0 fully saturated rings. The number of hydrogen-bond acceptors (Lipinski definition) is 3. The summed E-state index contributed by atoms with van der Waals surface area (Å²) in [6.45, 7) is 3.48. The monoisotopic (exact) mass is 298 g/mol. The highest BCUT2D eigenvalue weighted by molar-refractivity contribution is 5.90. The molecular formula is C18H22N2O2. The Balaban J connectivity index is 1.70. The number of aryl methyl sites for hydroxylation is 1. The fraction of sp³-hybridized carbons (Fsp3) is 0.278. The second-order valence-corrected chi connectivity index (χ2v) is 5.19. The molecule has 1 amide bonds. The van der Waals surface area contributed by atoms with Crippen molar-refractivity contribution in [3.63, 3.8) is 0 Å². The van der Waals surface area contributed by atoms with Gasteiger partial charge in [0, 0.05) is 31.3 Å². The summed E-state index contributed by atoms with van der Waals surface area (Å²) < 4.78 is 5.13. The van der Waals surface area contributed by atoms with Gasteiger partial charge in [-0.2, -0.15) is 0 Å². The molecule has 0 heterocycles. The van der Waals surface area contributed by atoms with Gasteiger partial charge in [0.15, 0.2) is 0 Å². The lowest BCUT2D eigenvalue weighted by molar-refractivity contribution is -0.116. The number of carbonyl (C=O) groups excluding carboxylic acids is 1. The summed E-state index contributed by atoms with van der Waals surface area (Å²) in [6, 6.07) is 15.7. The Labute approximate surface area is 131 Å². The van der Waals surface area contributed by atoms with Gasteiger partial charge in [-0.15, -0.1) is 0 Å². The van der Waals surface area contributed by atoms with Crippen LogP contribution in [0.25, 0.3) is 0 Å². The van der Waals surface area contributed by atoms with E-state index in [9.17, 15) is 4.79 Å². The second-order valence-electron chi connectivity index (χ2n) is 5.19. The predicted molar refractivity (Wildman–Crippen MR) is 89.1 cm³/mol. The number of methoxy groups -OCH3 is 1. The Bertz CT molecular complexity index is 609. The lowest BCUT2D eigenvalue weighted by atomic mass is 10.1. The smallest absolute Gasteiger partial charge is 0.225 e. The molecule has 0 spiro atoms. The third-order valence-electron chi connectivity index (χ3n) is 3.33. The Morgan fingerprint density at radius 3 is 2.64 bits per heavy atom. The van der Waals surface area contributed by atoms with Gasteiger partial charge in [-0.3, -0.25) is 4.79 Å². The van der Waals surface area contributed by atoms with Crippen molar-refractivity contribution >= 4 is 11.6 Å². The average Bonchev–Trinajstić information content (AvgIpc) is 2.53. The van der Waals surface area contributed by atoms with Crippen LogP contribution in [0, 0.1) is 6.92 Å². The van der Waals surface area contributed by atoms with Crippen molar-refractivity contribution in [3.8, 4) is 5.75 Å². The predicted octanol–water partition coefficient (Wildman–Crippen LogP) is 3.12. The SMILES string of the molecule is COc1cccc(NC(=O)CCNCc2ccc(C)cc2)c1. The van der Waals surface area contributed by atoms with Crippen LogP contribution in [0.2, 0.25) is 0 Å². The summed E-state index contributed by atoms with van der Waals surface area (Å²) in [5, 5.41) is 6.14. The molecule has 4 nitrogen and oxygen atoms in total. The van der Waals surface area contributed by atoms with E-state index in [-0.39, 0.29) is 5.91 Å². The maximum atomic E-state index is 11.9. The minimum atomic E-state index is -0.00957. The first-order valence-corrected chi connectivity index (χ1v) is 7.37. The molecule has 0 bridgehead atoms. The van der Waals surface area contributed by atoms with Crippen LogP contribution in [-0.2, 0) is 11.3 Å². The van der Waals surface area contributed by atoms with E-state index in [4.69, 9.17) is 4.74 Å². The van der Waals surface area contributed by atoms with Crippen LogP contribution in [0.5, 0.6) is 5.75 Å². The first-order valence-electron chi connectivity index (χ1n) is 7.37. The van der Waals surface area contributed by atoms with Gasteiger partial charge in [0.1, 0.15) is 5.75 Å². The van der Waals surface area contributed by atoms with Gasteiger partial charge < -0.3 is 15.4 Å². The van der Waals surface area contributed by atoms with E-state index in [0.717, 1.165) is 18.0 Å². The molecule has 0 unspecified atom stereocenters. The van der Waals surface area contributed by atoms with Gasteiger partial charge in [-0.05, 0) is 24.6 Å². The van der Waals surface area contributed by atoms with Gasteiger partial charge in [-0.25, -0.2) is 0 Å². The molecule has 2 aromatic carbocycles. The molecular weight excluding hydrogens is 276 g/mol. The lowest BCUT2D eigenvalue weighted by Gasteiger charge is -2.08. The second kappa shape index (κ2) is 8.20. The molecule has 116 valence electrons. The van der Waals surface area contributed by atoms with E-state index >= 15 is 0 Å². The fourth-order valence-electron chi connectivity index (χ4n) is 2.06. The molecule has 0 aliphatic rings. The Morgan fingerprint density at radius 1 is 1.14 bits per heavy atom. The van der Waals surface area contributed by atoms with Gasteiger partial charge >= 0.3 is 0 Å². The number of rotatable bonds is 7. The maximum Gasteiger partial charge on any atom is 0.225 e. The molecule has 0 aliphatic heterocycles. The van der Waals surface area contributed by atoms with Crippen molar-refractivity contribution in [2.45, 2.75) is 19.9 Å². The molecule has 0 saturated carbocycles. The van der Waals surface area contributed by atoms with E-state index in [2.05, 4.69) is 41.8 Å². The van der Waals surface area contributed by atoms with E-state index in [1.54, 1.807) is 13.2 Å². The number of nitrogens with one attached hydrogen (secondary N) is 2. The maximum absolute atomic E-state index is 11.9. The molecule has 22 heavy (non-hydrogen) atoms. The zero-order chi connectivity index (χ0) is 15.8. The van der Waals surface area contributed by atoms with Gasteiger partial charge in [0.05, 0.1) is 7.11 Å². The molecule has 2 rings (SSSR count).